The molecule has 3 aliphatic carbocycles. The zero-order valence-corrected chi connectivity index (χ0v) is 47.7. The van der Waals surface area contributed by atoms with Crippen LogP contribution in [0.15, 0.2) is 182 Å². The molecule has 0 unspecified atom stereocenters. The number of nitrogens with zero attached hydrogens (tertiary/aromatic N) is 2. The predicted molar refractivity (Wildman–Crippen MR) is 332 cm³/mol. The summed E-state index contributed by atoms with van der Waals surface area (Å²) in [6.07, 6.45) is 0. The van der Waals surface area contributed by atoms with E-state index in [4.69, 9.17) is 0 Å². The zero-order valence-electron chi connectivity index (χ0n) is 47.7. The van der Waals surface area contributed by atoms with E-state index in [0.717, 1.165) is 22.7 Å². The molecule has 0 N–H and O–H groups in total. The van der Waals surface area contributed by atoms with Gasteiger partial charge in [-0.05, 0) is 206 Å². The molecule has 77 heavy (non-hydrogen) atoms. The van der Waals surface area contributed by atoms with Gasteiger partial charge in [-0.1, -0.05) is 194 Å². The average Bonchev–Trinajstić information content (AvgIpc) is 4.10. The van der Waals surface area contributed by atoms with E-state index >= 15 is 0 Å². The third kappa shape index (κ3) is 7.64. The van der Waals surface area contributed by atoms with Crippen molar-refractivity contribution in [3.05, 3.63) is 215 Å². The van der Waals surface area contributed by atoms with Crippen molar-refractivity contribution in [2.45, 2.75) is 124 Å². The number of rotatable bonds is 6. The van der Waals surface area contributed by atoms with Gasteiger partial charge < -0.3 is 9.80 Å². The lowest BCUT2D eigenvalue weighted by molar-refractivity contribution is 0.590. The maximum atomic E-state index is 2.55. The fourth-order valence-corrected chi connectivity index (χ4v) is 13.1. The number of anilines is 6. The van der Waals surface area contributed by atoms with E-state index in [2.05, 4.69) is 289 Å². The molecule has 0 atom stereocenters. The van der Waals surface area contributed by atoms with Crippen molar-refractivity contribution < 1.29 is 0 Å². The summed E-state index contributed by atoms with van der Waals surface area (Å²) in [5, 5.41) is 5.20. The second kappa shape index (κ2) is 16.7. The topological polar surface area (TPSA) is 6.48 Å². The van der Waals surface area contributed by atoms with Crippen molar-refractivity contribution in [3.8, 4) is 55.6 Å². The first-order valence-electron chi connectivity index (χ1n) is 28.0. The lowest BCUT2D eigenvalue weighted by Crippen LogP contribution is -2.15. The van der Waals surface area contributed by atoms with Crippen molar-refractivity contribution in [2.24, 2.45) is 0 Å². The largest absolute Gasteiger partial charge is 0.310 e. The Hall–Kier alpha value is -7.68. The summed E-state index contributed by atoms with van der Waals surface area (Å²) in [6.45, 7) is 32.4. The monoisotopic (exact) mass is 1000 g/mol. The maximum absolute atomic E-state index is 2.55. The van der Waals surface area contributed by atoms with E-state index < -0.39 is 0 Å². The van der Waals surface area contributed by atoms with Crippen LogP contribution in [0.5, 0.6) is 0 Å². The molecular weight excluding hydrogens is 929 g/mol. The third-order valence-corrected chi connectivity index (χ3v) is 17.6. The Morgan fingerprint density at radius 2 is 0.545 bits per heavy atom. The minimum atomic E-state index is -0.207. The van der Waals surface area contributed by atoms with Gasteiger partial charge in [-0.15, -0.1) is 0 Å². The smallest absolute Gasteiger partial charge is 0.0540 e. The Bertz CT molecular complexity index is 3660. The highest BCUT2D eigenvalue weighted by Crippen LogP contribution is 2.60. The second-order valence-electron chi connectivity index (χ2n) is 27.1. The molecule has 0 aliphatic heterocycles. The molecule has 0 saturated carbocycles. The predicted octanol–water partition coefficient (Wildman–Crippen LogP) is 21.7. The van der Waals surface area contributed by atoms with Gasteiger partial charge in [0.05, 0.1) is 11.4 Å². The highest BCUT2D eigenvalue weighted by Gasteiger charge is 2.40. The quantitative estimate of drug-likeness (QED) is 0.164. The molecule has 2 nitrogen and oxygen atoms in total. The van der Waals surface area contributed by atoms with Crippen LogP contribution in [0.4, 0.5) is 34.1 Å². The summed E-state index contributed by atoms with van der Waals surface area (Å²) in [5.41, 5.74) is 28.4. The molecule has 0 amide bonds. The highest BCUT2D eigenvalue weighted by atomic mass is 15.1. The van der Waals surface area contributed by atoms with Gasteiger partial charge >= 0.3 is 0 Å². The van der Waals surface area contributed by atoms with Gasteiger partial charge in [0.25, 0.3) is 0 Å². The van der Waals surface area contributed by atoms with Crippen molar-refractivity contribution in [1.82, 2.24) is 0 Å². The molecule has 0 bridgehead atoms. The van der Waals surface area contributed by atoms with Crippen molar-refractivity contribution in [3.63, 3.8) is 0 Å². The van der Waals surface area contributed by atoms with E-state index in [9.17, 15) is 0 Å². The second-order valence-corrected chi connectivity index (χ2v) is 27.1. The first kappa shape index (κ1) is 48.9. The minimum absolute atomic E-state index is 0.0623. The molecule has 3 aliphatic rings. The lowest BCUT2D eigenvalue weighted by atomic mass is 9.80. The van der Waals surface area contributed by atoms with Crippen molar-refractivity contribution in [1.29, 1.82) is 0 Å². The number of fused-ring (bicyclic) bond motifs is 9. The number of hydrogen-bond acceptors (Lipinski definition) is 2. The molecular formula is C75H72N2. The van der Waals surface area contributed by atoms with Gasteiger partial charge in [-0.25, -0.2) is 0 Å². The molecule has 0 heterocycles. The van der Waals surface area contributed by atoms with E-state index in [1.54, 1.807) is 0 Å². The van der Waals surface area contributed by atoms with Gasteiger partial charge in [0.1, 0.15) is 0 Å². The van der Waals surface area contributed by atoms with Crippen LogP contribution in [-0.2, 0) is 27.1 Å². The SMILES string of the molecule is CC(C)(C)c1ccc(N(c2ccc(C(C)(C)C)cc2)c2ccc3c4c(cccc24)-c2cc4c(cc2-3)C(C)(C)c2cc3c(cc2-4)-c2cccc4c(N(c5ccc(C(C)(C)C)cc5)c5ccc(C(C)(C)C)cc5)ccc-3c24)cc1. The van der Waals surface area contributed by atoms with Crippen LogP contribution < -0.4 is 9.80 Å². The summed E-state index contributed by atoms with van der Waals surface area (Å²) in [4.78, 5) is 4.94. The highest BCUT2D eigenvalue weighted by molar-refractivity contribution is 6.22. The Kier molecular flexibility index (Phi) is 10.6. The maximum Gasteiger partial charge on any atom is 0.0540 e. The van der Waals surface area contributed by atoms with Crippen molar-refractivity contribution in [2.75, 3.05) is 9.80 Å². The lowest BCUT2D eigenvalue weighted by Gasteiger charge is -2.29. The first-order chi connectivity index (χ1) is 36.5. The fourth-order valence-electron chi connectivity index (χ4n) is 13.1. The molecule has 13 rings (SSSR count). The van der Waals surface area contributed by atoms with Gasteiger partial charge in [0.15, 0.2) is 0 Å². The van der Waals surface area contributed by atoms with Crippen LogP contribution in [0.2, 0.25) is 0 Å². The van der Waals surface area contributed by atoms with E-state index in [-0.39, 0.29) is 27.1 Å². The summed E-state index contributed by atoms with van der Waals surface area (Å²) in [5.74, 6) is 0. The molecule has 382 valence electrons. The Morgan fingerprint density at radius 3 is 0.831 bits per heavy atom. The van der Waals surface area contributed by atoms with Gasteiger partial charge in [0, 0.05) is 38.9 Å². The van der Waals surface area contributed by atoms with Crippen LogP contribution >= 0.6 is 0 Å². The van der Waals surface area contributed by atoms with Gasteiger partial charge in [-0.3, -0.25) is 0 Å². The van der Waals surface area contributed by atoms with Crippen LogP contribution in [0, 0.1) is 0 Å². The summed E-state index contributed by atoms with van der Waals surface area (Å²) >= 11 is 0. The van der Waals surface area contributed by atoms with Crippen molar-refractivity contribution >= 4 is 55.7 Å². The standard InChI is InChI=1S/C75H72N2/c1-71(2,3)45-21-29-49(30-22-45)76(50-31-23-46(24-32-50)72(4,5)6)67-39-37-55-61-43-65-63(41-59(61)53-17-15-19-57(67)69(53)55)64-42-60-54-18-16-20-58-68(40-38-56(70(54)58)62(60)44-66(64)75(65,13)14)77(51-33-25-47(26-34-51)73(7,8)9)52-35-27-48(28-36-52)74(10,11)12/h15-44H,1-14H3. The molecule has 0 aromatic heterocycles. The number of benzene rings is 10. The summed E-state index contributed by atoms with van der Waals surface area (Å²) in [6, 6.07) is 70.6. The number of hydrogen-bond donors (Lipinski definition) is 0. The Balaban J connectivity index is 0.927. The van der Waals surface area contributed by atoms with E-state index in [1.807, 2.05) is 0 Å². The molecule has 2 heteroatoms. The molecule has 0 spiro atoms. The fraction of sp³-hybridized carbons (Fsp3) is 0.253. The normalized spacial score (nSPS) is 13.9. The summed E-state index contributed by atoms with van der Waals surface area (Å²) in [7, 11) is 0. The molecule has 0 radical (unpaired) electrons. The van der Waals surface area contributed by atoms with Crippen LogP contribution in [0.3, 0.4) is 0 Å². The van der Waals surface area contributed by atoms with Gasteiger partial charge in [0.2, 0.25) is 0 Å². The molecule has 10 aromatic carbocycles. The molecule has 0 fully saturated rings. The first-order valence-corrected chi connectivity index (χ1v) is 28.0. The molecule has 0 saturated heterocycles. The van der Waals surface area contributed by atoms with Crippen LogP contribution in [-0.4, -0.2) is 0 Å². The minimum Gasteiger partial charge on any atom is -0.310 e. The average molecular weight is 1000 g/mol. The van der Waals surface area contributed by atoms with E-state index in [0.29, 0.717) is 0 Å². The van der Waals surface area contributed by atoms with E-state index in [1.165, 1.54) is 122 Å². The summed E-state index contributed by atoms with van der Waals surface area (Å²) < 4.78 is 0. The van der Waals surface area contributed by atoms with Gasteiger partial charge in [-0.2, -0.15) is 0 Å². The van der Waals surface area contributed by atoms with Crippen LogP contribution in [0.25, 0.3) is 77.2 Å². The van der Waals surface area contributed by atoms with Crippen LogP contribution in [0.1, 0.15) is 130 Å². The molecule has 10 aromatic rings. The Morgan fingerprint density at radius 1 is 0.273 bits per heavy atom. The third-order valence-electron chi connectivity index (χ3n) is 17.6. The zero-order chi connectivity index (χ0) is 53.9. The Labute approximate surface area is 458 Å².